The Bertz CT molecular complexity index is 1020. The van der Waals surface area contributed by atoms with E-state index in [2.05, 4.69) is 0 Å². The minimum Gasteiger partial charge on any atom is -0.507 e. The van der Waals surface area contributed by atoms with Gasteiger partial charge in [0.1, 0.15) is 23.1 Å². The summed E-state index contributed by atoms with van der Waals surface area (Å²) < 4.78 is 29.9. The van der Waals surface area contributed by atoms with Crippen molar-refractivity contribution in [1.29, 1.82) is 0 Å². The molecular weight excluding hydrogens is 417 g/mol. The average Bonchev–Trinajstić information content (AvgIpc) is 3.06. The van der Waals surface area contributed by atoms with Gasteiger partial charge in [-0.3, -0.25) is 9.59 Å². The second-order valence-electron chi connectivity index (χ2n) is 7.25. The summed E-state index contributed by atoms with van der Waals surface area (Å²) in [6.07, 6.45) is 0.856. The molecular formula is C24H26FNO6. The van der Waals surface area contributed by atoms with Crippen LogP contribution in [0.2, 0.25) is 0 Å². The number of nitrogens with zero attached hydrogens (tertiary/aromatic N) is 1. The smallest absolute Gasteiger partial charge is 0.295 e. The van der Waals surface area contributed by atoms with Crippen LogP contribution in [0.1, 0.15) is 30.5 Å². The number of aliphatic hydroxyl groups excluding tert-OH is 1. The maximum atomic E-state index is 13.9. The van der Waals surface area contributed by atoms with E-state index in [0.717, 1.165) is 12.5 Å². The van der Waals surface area contributed by atoms with Crippen molar-refractivity contribution in [1.82, 2.24) is 4.90 Å². The molecule has 1 amide bonds. The number of aliphatic hydroxyl groups is 1. The Morgan fingerprint density at radius 1 is 1.09 bits per heavy atom. The van der Waals surface area contributed by atoms with E-state index in [1.165, 1.54) is 31.3 Å². The number of rotatable bonds is 9. The summed E-state index contributed by atoms with van der Waals surface area (Å²) in [4.78, 5) is 27.1. The number of likely N-dealkylation sites (tertiary alicyclic amines) is 1. The third-order valence-electron chi connectivity index (χ3n) is 5.16. The van der Waals surface area contributed by atoms with Crippen LogP contribution in [-0.4, -0.2) is 55.7 Å². The molecule has 1 fully saturated rings. The fourth-order valence-electron chi connectivity index (χ4n) is 3.62. The Morgan fingerprint density at radius 3 is 2.44 bits per heavy atom. The molecule has 1 heterocycles. The minimum absolute atomic E-state index is 0.00913. The van der Waals surface area contributed by atoms with Gasteiger partial charge in [0, 0.05) is 13.7 Å². The summed E-state index contributed by atoms with van der Waals surface area (Å²) in [5.41, 5.74) is 0.448. The first-order valence-electron chi connectivity index (χ1n) is 10.3. The third kappa shape index (κ3) is 4.60. The van der Waals surface area contributed by atoms with Crippen molar-refractivity contribution in [3.8, 4) is 11.5 Å². The van der Waals surface area contributed by atoms with Crippen LogP contribution in [0.15, 0.2) is 48.0 Å². The zero-order chi connectivity index (χ0) is 23.3. The molecule has 1 unspecified atom stereocenters. The Kier molecular flexibility index (Phi) is 7.48. The first-order valence-corrected chi connectivity index (χ1v) is 10.3. The lowest BCUT2D eigenvalue weighted by Crippen LogP contribution is -2.32. The van der Waals surface area contributed by atoms with Gasteiger partial charge in [0.25, 0.3) is 11.7 Å². The quantitative estimate of drug-likeness (QED) is 0.362. The van der Waals surface area contributed by atoms with Crippen LogP contribution in [-0.2, 0) is 14.3 Å². The van der Waals surface area contributed by atoms with Crippen LogP contribution < -0.4 is 9.47 Å². The highest BCUT2D eigenvalue weighted by Crippen LogP contribution is 2.41. The number of amides is 1. The van der Waals surface area contributed by atoms with Crippen molar-refractivity contribution in [3.05, 3.63) is 65.0 Å². The van der Waals surface area contributed by atoms with Gasteiger partial charge < -0.3 is 24.2 Å². The molecule has 170 valence electrons. The van der Waals surface area contributed by atoms with E-state index in [1.807, 2.05) is 6.92 Å². The molecule has 2 aromatic carbocycles. The summed E-state index contributed by atoms with van der Waals surface area (Å²) in [7, 11) is 2.86. The van der Waals surface area contributed by atoms with Crippen LogP contribution in [0.5, 0.6) is 11.5 Å². The van der Waals surface area contributed by atoms with Gasteiger partial charge in [0.05, 0.1) is 37.5 Å². The van der Waals surface area contributed by atoms with Crippen LogP contribution >= 0.6 is 0 Å². The summed E-state index contributed by atoms with van der Waals surface area (Å²) in [6, 6.07) is 9.66. The number of hydrogen-bond donors (Lipinski definition) is 1. The average molecular weight is 443 g/mol. The number of benzene rings is 2. The molecule has 7 nitrogen and oxygen atoms in total. The van der Waals surface area contributed by atoms with Crippen molar-refractivity contribution in [2.24, 2.45) is 0 Å². The molecule has 3 rings (SSSR count). The second kappa shape index (κ2) is 10.3. The Morgan fingerprint density at radius 2 is 1.81 bits per heavy atom. The SMILES string of the molecule is CCCOc1ccc(C2/C(=C(\O)c3cc(F)ccc3OC)C(=O)C(=O)N2CCOC)cc1. The van der Waals surface area contributed by atoms with E-state index < -0.39 is 29.3 Å². The first-order chi connectivity index (χ1) is 15.4. The minimum atomic E-state index is -0.877. The molecule has 1 atom stereocenters. The lowest BCUT2D eigenvalue weighted by Gasteiger charge is -2.25. The number of ether oxygens (including phenoxy) is 3. The molecule has 0 spiro atoms. The zero-order valence-corrected chi connectivity index (χ0v) is 18.3. The fraction of sp³-hybridized carbons (Fsp3) is 0.333. The Hall–Kier alpha value is -3.39. The van der Waals surface area contributed by atoms with E-state index in [-0.39, 0.29) is 30.0 Å². The molecule has 32 heavy (non-hydrogen) atoms. The largest absolute Gasteiger partial charge is 0.507 e. The van der Waals surface area contributed by atoms with Crippen LogP contribution in [0.25, 0.3) is 5.76 Å². The summed E-state index contributed by atoms with van der Waals surface area (Å²) >= 11 is 0. The van der Waals surface area contributed by atoms with Gasteiger partial charge in [-0.05, 0) is 42.3 Å². The number of halogens is 1. The predicted molar refractivity (Wildman–Crippen MR) is 116 cm³/mol. The Balaban J connectivity index is 2.14. The molecule has 2 aromatic rings. The van der Waals surface area contributed by atoms with E-state index in [0.29, 0.717) is 17.9 Å². The molecule has 1 N–H and O–H groups in total. The van der Waals surface area contributed by atoms with E-state index in [1.54, 1.807) is 24.3 Å². The normalized spacial score (nSPS) is 17.6. The molecule has 0 aliphatic carbocycles. The van der Waals surface area contributed by atoms with E-state index >= 15 is 0 Å². The van der Waals surface area contributed by atoms with E-state index in [9.17, 15) is 19.1 Å². The molecule has 0 aromatic heterocycles. The first kappa shape index (κ1) is 23.3. The van der Waals surface area contributed by atoms with Gasteiger partial charge in [0.15, 0.2) is 0 Å². The highest BCUT2D eigenvalue weighted by molar-refractivity contribution is 6.46. The van der Waals surface area contributed by atoms with Gasteiger partial charge in [0.2, 0.25) is 0 Å². The molecule has 0 bridgehead atoms. The number of methoxy groups -OCH3 is 2. The van der Waals surface area contributed by atoms with Gasteiger partial charge >= 0.3 is 0 Å². The fourth-order valence-corrected chi connectivity index (χ4v) is 3.62. The topological polar surface area (TPSA) is 85.3 Å². The van der Waals surface area contributed by atoms with Crippen LogP contribution in [0.4, 0.5) is 4.39 Å². The van der Waals surface area contributed by atoms with Gasteiger partial charge in [-0.15, -0.1) is 0 Å². The number of Topliss-reactive ketones (excluding diaryl/α,β-unsaturated/α-hetero) is 1. The number of carbonyl (C=O) groups is 2. The van der Waals surface area contributed by atoms with Gasteiger partial charge in [-0.25, -0.2) is 4.39 Å². The zero-order valence-electron chi connectivity index (χ0n) is 18.3. The Labute approximate surface area is 186 Å². The predicted octanol–water partition coefficient (Wildman–Crippen LogP) is 3.69. The standard InChI is InChI=1S/C24H26FNO6/c1-4-12-32-17-8-5-15(6-9-17)21-20(23(28)24(29)26(21)11-13-30-2)22(27)18-14-16(25)7-10-19(18)31-3/h5-10,14,21,27H,4,11-13H2,1-3H3/b22-20+. The van der Waals surface area contributed by atoms with Crippen LogP contribution in [0.3, 0.4) is 0 Å². The van der Waals surface area contributed by atoms with Crippen molar-refractivity contribution in [2.75, 3.05) is 34.0 Å². The maximum Gasteiger partial charge on any atom is 0.295 e. The van der Waals surface area contributed by atoms with Gasteiger partial charge in [-0.1, -0.05) is 19.1 Å². The van der Waals surface area contributed by atoms with Crippen molar-refractivity contribution < 1.29 is 33.3 Å². The molecule has 0 saturated carbocycles. The molecule has 1 aliphatic rings. The number of carbonyl (C=O) groups excluding carboxylic acids is 2. The third-order valence-corrected chi connectivity index (χ3v) is 5.16. The van der Waals surface area contributed by atoms with E-state index in [4.69, 9.17) is 14.2 Å². The number of ketones is 1. The highest BCUT2D eigenvalue weighted by atomic mass is 19.1. The second-order valence-corrected chi connectivity index (χ2v) is 7.25. The van der Waals surface area contributed by atoms with Crippen molar-refractivity contribution in [2.45, 2.75) is 19.4 Å². The van der Waals surface area contributed by atoms with Crippen LogP contribution in [0, 0.1) is 5.82 Å². The molecule has 1 aliphatic heterocycles. The highest BCUT2D eigenvalue weighted by Gasteiger charge is 2.46. The lowest BCUT2D eigenvalue weighted by atomic mass is 9.95. The van der Waals surface area contributed by atoms with Gasteiger partial charge in [-0.2, -0.15) is 0 Å². The number of hydrogen-bond acceptors (Lipinski definition) is 6. The summed E-state index contributed by atoms with van der Waals surface area (Å²) in [5, 5.41) is 11.1. The molecule has 1 saturated heterocycles. The molecule has 8 heteroatoms. The van der Waals surface area contributed by atoms with Crippen molar-refractivity contribution in [3.63, 3.8) is 0 Å². The summed E-state index contributed by atoms with van der Waals surface area (Å²) in [5.74, 6) is -1.92. The summed E-state index contributed by atoms with van der Waals surface area (Å²) in [6.45, 7) is 2.89. The van der Waals surface area contributed by atoms with Crippen molar-refractivity contribution >= 4 is 17.4 Å². The monoisotopic (exact) mass is 443 g/mol. The maximum absolute atomic E-state index is 13.9. The molecule has 0 radical (unpaired) electrons. The lowest BCUT2D eigenvalue weighted by molar-refractivity contribution is -0.140.